The minimum absolute atomic E-state index is 0.0649. The van der Waals surface area contributed by atoms with Crippen LogP contribution in [0, 0.1) is 15.2 Å². The van der Waals surface area contributed by atoms with Gasteiger partial charge in [0.1, 0.15) is 26.4 Å². The van der Waals surface area contributed by atoms with E-state index in [-0.39, 0.29) is 15.3 Å². The first-order chi connectivity index (χ1) is 12.2. The van der Waals surface area contributed by atoms with Gasteiger partial charge in [-0.25, -0.2) is 0 Å². The van der Waals surface area contributed by atoms with Gasteiger partial charge in [-0.05, 0) is 24.3 Å². The molecule has 0 aromatic heterocycles. The zero-order chi connectivity index (χ0) is 18.7. The second-order valence-corrected chi connectivity index (χ2v) is 9.59. The van der Waals surface area contributed by atoms with Crippen LogP contribution in [0.15, 0.2) is 53.4 Å². The van der Waals surface area contributed by atoms with Gasteiger partial charge in [-0.15, -0.1) is 0 Å². The lowest BCUT2D eigenvalue weighted by atomic mass is 10.0. The summed E-state index contributed by atoms with van der Waals surface area (Å²) in [5, 5.41) is 2.25. The number of alkyl halides is 3. The van der Waals surface area contributed by atoms with Crippen molar-refractivity contribution in [1.82, 2.24) is 0 Å². The number of rotatable bonds is 2. The van der Waals surface area contributed by atoms with Crippen molar-refractivity contribution in [3.05, 3.63) is 74.5 Å². The topological polar surface area (TPSA) is 54.4 Å². The highest BCUT2D eigenvalue weighted by molar-refractivity contribution is 8.15. The van der Waals surface area contributed by atoms with Gasteiger partial charge in [-0.3, -0.25) is 4.55 Å². The second kappa shape index (κ2) is 5.87. The molecule has 2 aromatic rings. The fraction of sp³-hybridized carbons (Fsp3) is 0.0588. The summed E-state index contributed by atoms with van der Waals surface area (Å²) in [4.78, 5) is -0.0000650. The van der Waals surface area contributed by atoms with Crippen molar-refractivity contribution >= 4 is 42.8 Å². The van der Waals surface area contributed by atoms with Crippen LogP contribution in [-0.2, 0) is 10.1 Å². The van der Waals surface area contributed by atoms with E-state index in [1.54, 1.807) is 24.3 Å². The van der Waals surface area contributed by atoms with Crippen LogP contribution in [-0.4, -0.2) is 18.5 Å². The molecule has 0 bridgehead atoms. The van der Waals surface area contributed by atoms with Gasteiger partial charge in [0.2, 0.25) is 5.25 Å². The summed E-state index contributed by atoms with van der Waals surface area (Å²) in [5.74, 6) is 0. The first-order valence-electron chi connectivity index (χ1n) is 7.21. The zero-order valence-electron chi connectivity index (χ0n) is 12.7. The monoisotopic (exact) mass is 414 g/mol. The lowest BCUT2D eigenvalue weighted by Crippen LogP contribution is -2.17. The van der Waals surface area contributed by atoms with E-state index in [2.05, 4.69) is 5.41 Å². The predicted octanol–water partition coefficient (Wildman–Crippen LogP) is 4.22. The number of fused-ring (bicyclic) bond motifs is 2. The van der Waals surface area contributed by atoms with Gasteiger partial charge in [-0.1, -0.05) is 12.1 Å². The minimum Gasteiger partial charge on any atom is -0.279 e. The molecule has 0 amide bonds. The van der Waals surface area contributed by atoms with Crippen LogP contribution in [0.4, 0.5) is 13.2 Å². The highest BCUT2D eigenvalue weighted by Crippen LogP contribution is 2.60. The molecule has 9 heteroatoms. The smallest absolute Gasteiger partial charge is 0.279 e. The molecule has 3 nitrogen and oxygen atoms in total. The van der Waals surface area contributed by atoms with E-state index in [4.69, 9.17) is 0 Å². The molecule has 2 aliphatic heterocycles. The van der Waals surface area contributed by atoms with Crippen molar-refractivity contribution < 1.29 is 26.1 Å². The first-order valence-corrected chi connectivity index (χ1v) is 10.7. The molecule has 2 aliphatic rings. The zero-order valence-corrected chi connectivity index (χ0v) is 15.2. The fourth-order valence-corrected chi connectivity index (χ4v) is 7.27. The third-order valence-corrected chi connectivity index (χ3v) is 7.92. The van der Waals surface area contributed by atoms with E-state index in [9.17, 15) is 26.1 Å². The van der Waals surface area contributed by atoms with Crippen molar-refractivity contribution in [2.45, 2.75) is 10.4 Å². The van der Waals surface area contributed by atoms with Crippen molar-refractivity contribution in [1.29, 1.82) is 0 Å². The quantitative estimate of drug-likeness (QED) is 0.454. The van der Waals surface area contributed by atoms with Gasteiger partial charge >= 0.3 is 21.2 Å². The van der Waals surface area contributed by atoms with E-state index in [0.717, 1.165) is 11.8 Å². The van der Waals surface area contributed by atoms with Crippen LogP contribution in [0.25, 0.3) is 10.5 Å². The standard InChI is InChI=1S/C17H8F3O3S3/c18-17(19,20)25-14-8-4-2-6-11(14)16(26(21,22)23)15(25)12-9-24-13-7-3-1-5-10(12)13/h1-8H/q+1/p+1. The summed E-state index contributed by atoms with van der Waals surface area (Å²) < 4.78 is 75.4. The number of hydrogen-bond acceptors (Lipinski definition) is 3. The molecular weight excluding hydrogens is 405 g/mol. The highest BCUT2D eigenvalue weighted by atomic mass is 32.2. The Bertz CT molecular complexity index is 1180. The van der Waals surface area contributed by atoms with Crippen LogP contribution in [0.5, 0.6) is 0 Å². The third kappa shape index (κ3) is 2.67. The largest absolute Gasteiger partial charge is 0.461 e. The number of halogens is 3. The Hall–Kier alpha value is -1.77. The molecule has 4 rings (SSSR count). The Kier molecular flexibility index (Phi) is 3.98. The molecular formula is C17H9F3O3S3+2. The molecule has 0 saturated carbocycles. The molecule has 0 radical (unpaired) electrons. The average molecular weight is 414 g/mol. The van der Waals surface area contributed by atoms with Gasteiger partial charge in [0.25, 0.3) is 4.91 Å². The van der Waals surface area contributed by atoms with Gasteiger partial charge in [0.15, 0.2) is 11.0 Å². The Morgan fingerprint density at radius 2 is 1.73 bits per heavy atom. The SMILES string of the molecule is O=S(=O)(O)C1=c2ccccc2=S(C(F)(F)F)[C+]1C1=[C+]Sc2ccccc21. The summed E-state index contributed by atoms with van der Waals surface area (Å²) >= 11 is 1.11. The van der Waals surface area contributed by atoms with Gasteiger partial charge in [0, 0.05) is 12.1 Å². The molecule has 2 heterocycles. The maximum Gasteiger partial charge on any atom is 0.461 e. The van der Waals surface area contributed by atoms with Crippen LogP contribution >= 0.6 is 22.2 Å². The number of thioether (sulfide) groups is 1. The predicted molar refractivity (Wildman–Crippen MR) is 95.7 cm³/mol. The molecule has 0 fully saturated rings. The Morgan fingerprint density at radius 3 is 2.42 bits per heavy atom. The summed E-state index contributed by atoms with van der Waals surface area (Å²) in [6.45, 7) is 0. The molecule has 1 atom stereocenters. The Morgan fingerprint density at radius 1 is 1.08 bits per heavy atom. The molecule has 0 spiro atoms. The van der Waals surface area contributed by atoms with E-state index < -0.39 is 36.3 Å². The van der Waals surface area contributed by atoms with Crippen molar-refractivity contribution in [2.75, 3.05) is 0 Å². The average Bonchev–Trinajstić information content (AvgIpc) is 3.12. The van der Waals surface area contributed by atoms with Crippen LogP contribution < -0.4 is 5.22 Å². The summed E-state index contributed by atoms with van der Waals surface area (Å²) in [5.41, 5.74) is -4.16. The van der Waals surface area contributed by atoms with Crippen molar-refractivity contribution in [3.63, 3.8) is 0 Å². The van der Waals surface area contributed by atoms with E-state index >= 15 is 0 Å². The van der Waals surface area contributed by atoms with Crippen LogP contribution in [0.3, 0.4) is 0 Å². The van der Waals surface area contributed by atoms with E-state index in [0.29, 0.717) is 10.5 Å². The Balaban J connectivity index is 2.10. The molecule has 1 N–H and O–H groups in total. The highest BCUT2D eigenvalue weighted by Gasteiger charge is 2.60. The first kappa shape index (κ1) is 17.6. The summed E-state index contributed by atoms with van der Waals surface area (Å²) in [6.07, 6.45) is 0. The Labute approximate surface area is 153 Å². The van der Waals surface area contributed by atoms with E-state index in [1.807, 2.05) is 0 Å². The lowest BCUT2D eigenvalue weighted by molar-refractivity contribution is -0.0333. The van der Waals surface area contributed by atoms with Crippen LogP contribution in [0.1, 0.15) is 5.56 Å². The second-order valence-electron chi connectivity index (χ2n) is 5.46. The van der Waals surface area contributed by atoms with Crippen molar-refractivity contribution in [3.8, 4) is 0 Å². The van der Waals surface area contributed by atoms with E-state index in [1.165, 1.54) is 24.3 Å². The molecule has 0 aliphatic carbocycles. The fourth-order valence-electron chi connectivity index (χ4n) is 2.96. The minimum atomic E-state index is -4.88. The van der Waals surface area contributed by atoms with Gasteiger partial charge in [-0.2, -0.15) is 21.6 Å². The van der Waals surface area contributed by atoms with Crippen LogP contribution in [0.2, 0.25) is 0 Å². The summed E-state index contributed by atoms with van der Waals surface area (Å²) in [6, 6.07) is 12.1. The number of benzene rings is 2. The van der Waals surface area contributed by atoms with Crippen molar-refractivity contribution in [2.24, 2.45) is 0 Å². The lowest BCUT2D eigenvalue weighted by Gasteiger charge is -2.11. The molecule has 0 saturated heterocycles. The third-order valence-electron chi connectivity index (χ3n) is 3.90. The maximum absolute atomic E-state index is 13.9. The normalized spacial score (nSPS) is 19.1. The van der Waals surface area contributed by atoms with Gasteiger partial charge in [0.05, 0.1) is 10.5 Å². The molecule has 1 unspecified atom stereocenters. The number of hydrogen-bond donors (Lipinski definition) is 1. The molecule has 26 heavy (non-hydrogen) atoms. The maximum atomic E-state index is 13.9. The molecule has 2 aromatic carbocycles. The summed E-state index contributed by atoms with van der Waals surface area (Å²) in [7, 11) is -7.39. The van der Waals surface area contributed by atoms with Gasteiger partial charge < -0.3 is 0 Å². The molecule has 132 valence electrons.